The first-order valence-electron chi connectivity index (χ1n) is 11.4. The van der Waals surface area contributed by atoms with E-state index in [1.54, 1.807) is 18.1 Å². The lowest BCUT2D eigenvalue weighted by atomic mass is 9.97. The average Bonchev–Trinajstić information content (AvgIpc) is 3.29. The number of carbonyl (C=O) groups is 2. The fourth-order valence-electron chi connectivity index (χ4n) is 4.76. The second kappa shape index (κ2) is 8.36. The van der Waals surface area contributed by atoms with E-state index in [1.807, 2.05) is 66.7 Å². The van der Waals surface area contributed by atoms with E-state index in [0.717, 1.165) is 33.3 Å². The van der Waals surface area contributed by atoms with Crippen LogP contribution in [-0.2, 0) is 11.2 Å². The number of benzene rings is 3. The molecule has 0 bridgehead atoms. The van der Waals surface area contributed by atoms with Crippen LogP contribution in [0.2, 0.25) is 0 Å². The Kier molecular flexibility index (Phi) is 5.03. The van der Waals surface area contributed by atoms with Crippen LogP contribution in [0.25, 0.3) is 10.9 Å². The number of para-hydroxylation sites is 1. The molecule has 0 aliphatic carbocycles. The zero-order valence-corrected chi connectivity index (χ0v) is 19.1. The predicted molar refractivity (Wildman–Crippen MR) is 134 cm³/mol. The molecule has 0 unspecified atom stereocenters. The smallest absolute Gasteiger partial charge is 0.272 e. The first-order chi connectivity index (χ1) is 17.1. The molecule has 2 amide bonds. The molecule has 0 saturated heterocycles. The van der Waals surface area contributed by atoms with E-state index in [0.29, 0.717) is 30.0 Å². The molecule has 3 aromatic carbocycles. The second-order valence-corrected chi connectivity index (χ2v) is 8.56. The summed E-state index contributed by atoms with van der Waals surface area (Å²) in [6.45, 7) is 0.524. The van der Waals surface area contributed by atoms with Crippen LogP contribution >= 0.6 is 0 Å². The number of hydrogen-bond donors (Lipinski definition) is 1. The first-order valence-corrected chi connectivity index (χ1v) is 11.4. The predicted octanol–water partition coefficient (Wildman–Crippen LogP) is 3.74. The van der Waals surface area contributed by atoms with E-state index in [9.17, 15) is 9.59 Å². The van der Waals surface area contributed by atoms with Gasteiger partial charge in [0.15, 0.2) is 0 Å². The molecule has 2 aliphatic rings. The molecule has 1 aromatic heterocycles. The van der Waals surface area contributed by atoms with Gasteiger partial charge in [0.2, 0.25) is 6.17 Å². The van der Waals surface area contributed by atoms with Crippen molar-refractivity contribution in [3.05, 3.63) is 101 Å². The number of carbonyl (C=O) groups excluding carboxylic acids is 2. The number of hydrogen-bond acceptors (Lipinski definition) is 5. The van der Waals surface area contributed by atoms with Crippen molar-refractivity contribution in [3.8, 4) is 5.75 Å². The number of anilines is 1. The summed E-state index contributed by atoms with van der Waals surface area (Å²) in [7, 11) is 1.63. The Morgan fingerprint density at radius 3 is 2.69 bits per heavy atom. The van der Waals surface area contributed by atoms with Gasteiger partial charge in [-0.05, 0) is 36.2 Å². The van der Waals surface area contributed by atoms with Gasteiger partial charge in [0.05, 0.1) is 29.6 Å². The molecule has 0 spiro atoms. The zero-order valence-electron chi connectivity index (χ0n) is 19.1. The number of fused-ring (bicyclic) bond motifs is 1. The molecule has 172 valence electrons. The molecule has 2 aliphatic heterocycles. The highest BCUT2D eigenvalue weighted by atomic mass is 16.5. The Bertz CT molecular complexity index is 1510. The van der Waals surface area contributed by atoms with Crippen molar-refractivity contribution in [2.24, 2.45) is 4.99 Å². The summed E-state index contributed by atoms with van der Waals surface area (Å²) >= 11 is 0. The van der Waals surface area contributed by atoms with E-state index in [2.05, 4.69) is 10.3 Å². The van der Waals surface area contributed by atoms with Crippen molar-refractivity contribution >= 4 is 34.1 Å². The highest BCUT2D eigenvalue weighted by Crippen LogP contribution is 2.39. The lowest BCUT2D eigenvalue weighted by Gasteiger charge is -2.21. The third-order valence-electron chi connectivity index (χ3n) is 6.45. The van der Waals surface area contributed by atoms with Crippen LogP contribution in [0.4, 0.5) is 5.69 Å². The summed E-state index contributed by atoms with van der Waals surface area (Å²) in [6, 6.07) is 22.9. The molecule has 0 fully saturated rings. The molecular formula is C28H22N4O3. The fraction of sp³-hybridized carbons (Fsp3) is 0.143. The third-order valence-corrected chi connectivity index (χ3v) is 6.45. The standard InChI is InChI=1S/C28H22N4O3/c1-35-21-14-19-11-12-32-25(19)22(15-21)24(17-7-3-2-4-8-17)30-26(28(32)34)31-27(33)20-13-18-9-5-6-10-23(18)29-16-20/h2-10,13-16,26H,11-12H2,1H3,(H,31,33)/t26-/m0/s1. The number of aliphatic imine (C=N–C) groups is 1. The normalized spacial score (nSPS) is 16.5. The summed E-state index contributed by atoms with van der Waals surface area (Å²) in [5.41, 5.74) is 5.35. The molecule has 6 rings (SSSR count). The van der Waals surface area contributed by atoms with Gasteiger partial charge in [0, 0.05) is 29.3 Å². The van der Waals surface area contributed by atoms with Crippen molar-refractivity contribution in [1.82, 2.24) is 10.3 Å². The molecule has 7 heteroatoms. The fourth-order valence-corrected chi connectivity index (χ4v) is 4.76. The Morgan fingerprint density at radius 1 is 1.06 bits per heavy atom. The van der Waals surface area contributed by atoms with E-state index >= 15 is 0 Å². The zero-order chi connectivity index (χ0) is 23.9. The molecule has 0 radical (unpaired) electrons. The Morgan fingerprint density at radius 2 is 1.86 bits per heavy atom. The molecule has 0 saturated carbocycles. The minimum atomic E-state index is -1.08. The van der Waals surface area contributed by atoms with Gasteiger partial charge in [-0.1, -0.05) is 48.5 Å². The summed E-state index contributed by atoms with van der Waals surface area (Å²) in [4.78, 5) is 37.8. The van der Waals surface area contributed by atoms with Crippen LogP contribution in [0.1, 0.15) is 27.0 Å². The van der Waals surface area contributed by atoms with Gasteiger partial charge in [-0.25, -0.2) is 4.99 Å². The number of pyridine rings is 1. The van der Waals surface area contributed by atoms with Crippen LogP contribution < -0.4 is 15.0 Å². The average molecular weight is 463 g/mol. The summed E-state index contributed by atoms with van der Waals surface area (Å²) in [5, 5.41) is 3.70. The van der Waals surface area contributed by atoms with Gasteiger partial charge in [-0.15, -0.1) is 0 Å². The van der Waals surface area contributed by atoms with Gasteiger partial charge in [-0.3, -0.25) is 14.6 Å². The molecule has 4 aromatic rings. The maximum absolute atomic E-state index is 13.6. The van der Waals surface area contributed by atoms with E-state index in [-0.39, 0.29) is 5.91 Å². The Labute approximate surface area is 202 Å². The van der Waals surface area contributed by atoms with Crippen molar-refractivity contribution in [2.45, 2.75) is 12.6 Å². The summed E-state index contributed by atoms with van der Waals surface area (Å²) in [5.74, 6) is 0.0466. The summed E-state index contributed by atoms with van der Waals surface area (Å²) in [6.07, 6.45) is 1.16. The summed E-state index contributed by atoms with van der Waals surface area (Å²) < 4.78 is 5.54. The lowest BCUT2D eigenvalue weighted by Crippen LogP contribution is -2.47. The molecule has 1 atom stereocenters. The Hall–Kier alpha value is -4.52. The van der Waals surface area contributed by atoms with E-state index in [1.165, 1.54) is 6.20 Å². The van der Waals surface area contributed by atoms with Gasteiger partial charge in [0.25, 0.3) is 11.8 Å². The highest BCUT2D eigenvalue weighted by molar-refractivity contribution is 6.21. The number of aromatic nitrogens is 1. The van der Waals surface area contributed by atoms with Crippen LogP contribution in [-0.4, -0.2) is 42.3 Å². The molecule has 1 N–H and O–H groups in total. The minimum absolute atomic E-state index is 0.261. The number of nitrogens with one attached hydrogen (secondary N) is 1. The van der Waals surface area contributed by atoms with Crippen molar-refractivity contribution in [1.29, 1.82) is 0 Å². The van der Waals surface area contributed by atoms with Crippen molar-refractivity contribution in [2.75, 3.05) is 18.6 Å². The third kappa shape index (κ3) is 3.61. The number of nitrogens with zero attached hydrogens (tertiary/aromatic N) is 3. The maximum atomic E-state index is 13.6. The van der Waals surface area contributed by atoms with Gasteiger partial charge >= 0.3 is 0 Å². The number of rotatable bonds is 4. The quantitative estimate of drug-likeness (QED) is 0.501. The lowest BCUT2D eigenvalue weighted by molar-refractivity contribution is -0.120. The SMILES string of the molecule is COc1cc2c3c(c1)C(c1ccccc1)=N[C@@H](NC(=O)c1cnc4ccccc4c1)C(=O)N3CC2. The van der Waals surface area contributed by atoms with Crippen LogP contribution in [0.15, 0.2) is 84.0 Å². The number of methoxy groups -OCH3 is 1. The van der Waals surface area contributed by atoms with Gasteiger partial charge < -0.3 is 15.0 Å². The van der Waals surface area contributed by atoms with Crippen molar-refractivity contribution in [3.63, 3.8) is 0 Å². The molecule has 3 heterocycles. The van der Waals surface area contributed by atoms with Crippen LogP contribution in [0.3, 0.4) is 0 Å². The molecular weight excluding hydrogens is 440 g/mol. The largest absolute Gasteiger partial charge is 0.497 e. The van der Waals surface area contributed by atoms with Gasteiger partial charge in [0.1, 0.15) is 5.75 Å². The topological polar surface area (TPSA) is 83.9 Å². The second-order valence-electron chi connectivity index (χ2n) is 8.56. The maximum Gasteiger partial charge on any atom is 0.272 e. The van der Waals surface area contributed by atoms with E-state index in [4.69, 9.17) is 9.73 Å². The van der Waals surface area contributed by atoms with Crippen LogP contribution in [0, 0.1) is 0 Å². The highest BCUT2D eigenvalue weighted by Gasteiger charge is 2.37. The van der Waals surface area contributed by atoms with Gasteiger partial charge in [-0.2, -0.15) is 0 Å². The van der Waals surface area contributed by atoms with E-state index < -0.39 is 12.1 Å². The molecule has 7 nitrogen and oxygen atoms in total. The molecule has 35 heavy (non-hydrogen) atoms. The van der Waals surface area contributed by atoms with Crippen LogP contribution in [0.5, 0.6) is 5.75 Å². The minimum Gasteiger partial charge on any atom is -0.497 e. The monoisotopic (exact) mass is 462 g/mol. The number of ether oxygens (including phenoxy) is 1. The number of amides is 2. The van der Waals surface area contributed by atoms with Crippen molar-refractivity contribution < 1.29 is 14.3 Å². The Balaban J connectivity index is 1.44. The first kappa shape index (κ1) is 21.0.